The summed E-state index contributed by atoms with van der Waals surface area (Å²) in [5.41, 5.74) is 1.11. The summed E-state index contributed by atoms with van der Waals surface area (Å²) >= 11 is 0. The Labute approximate surface area is 160 Å². The number of rotatable bonds is 6. The van der Waals surface area contributed by atoms with Crippen LogP contribution < -0.4 is 10.6 Å². The first kappa shape index (κ1) is 20.6. The molecule has 2 aliphatic heterocycles. The molecule has 1 aromatic carbocycles. The Bertz CT molecular complexity index is 622. The van der Waals surface area contributed by atoms with Crippen LogP contribution in [0.1, 0.15) is 31.2 Å². The molecule has 0 aromatic heterocycles. The summed E-state index contributed by atoms with van der Waals surface area (Å²) in [4.78, 5) is 25.0. The van der Waals surface area contributed by atoms with Crippen molar-refractivity contribution in [2.45, 2.75) is 38.3 Å². The molecular formula is C18H27ClN4O3. The van der Waals surface area contributed by atoms with Gasteiger partial charge in [0.1, 0.15) is 0 Å². The molecule has 2 atom stereocenters. The van der Waals surface area contributed by atoms with Crippen LogP contribution in [0.4, 0.5) is 5.69 Å². The third kappa shape index (κ3) is 5.65. The molecule has 2 aliphatic rings. The average Bonchev–Trinajstić information content (AvgIpc) is 3.15. The van der Waals surface area contributed by atoms with Gasteiger partial charge < -0.3 is 10.6 Å². The molecule has 2 unspecified atom stereocenters. The number of amides is 1. The molecule has 3 rings (SSSR count). The van der Waals surface area contributed by atoms with Crippen LogP contribution in [-0.2, 0) is 11.3 Å². The van der Waals surface area contributed by atoms with E-state index < -0.39 is 0 Å². The van der Waals surface area contributed by atoms with Crippen molar-refractivity contribution in [3.8, 4) is 0 Å². The van der Waals surface area contributed by atoms with Gasteiger partial charge in [-0.05, 0) is 50.3 Å². The summed E-state index contributed by atoms with van der Waals surface area (Å²) in [6.07, 6.45) is 4.20. The summed E-state index contributed by atoms with van der Waals surface area (Å²) in [6, 6.07) is 6.82. The van der Waals surface area contributed by atoms with E-state index in [2.05, 4.69) is 15.5 Å². The minimum absolute atomic E-state index is 0. The number of benzene rings is 1. The van der Waals surface area contributed by atoms with E-state index in [4.69, 9.17) is 0 Å². The zero-order valence-electron chi connectivity index (χ0n) is 14.9. The topological polar surface area (TPSA) is 87.5 Å². The number of nitro groups is 1. The van der Waals surface area contributed by atoms with Gasteiger partial charge in [-0.3, -0.25) is 19.8 Å². The molecule has 0 saturated carbocycles. The van der Waals surface area contributed by atoms with Crippen LogP contribution in [0, 0.1) is 16.0 Å². The fourth-order valence-corrected chi connectivity index (χ4v) is 3.76. The Morgan fingerprint density at radius 3 is 2.92 bits per heavy atom. The van der Waals surface area contributed by atoms with E-state index in [1.807, 2.05) is 6.07 Å². The fourth-order valence-electron chi connectivity index (χ4n) is 3.76. The third-order valence-electron chi connectivity index (χ3n) is 5.07. The molecule has 0 radical (unpaired) electrons. The molecule has 2 N–H and O–H groups in total. The molecule has 26 heavy (non-hydrogen) atoms. The zero-order chi connectivity index (χ0) is 17.6. The Morgan fingerprint density at radius 1 is 1.35 bits per heavy atom. The normalized spacial score (nSPS) is 23.2. The van der Waals surface area contributed by atoms with Crippen LogP contribution in [-0.4, -0.2) is 48.0 Å². The molecular weight excluding hydrogens is 356 g/mol. The molecule has 2 heterocycles. The van der Waals surface area contributed by atoms with Gasteiger partial charge in [-0.15, -0.1) is 12.4 Å². The Hall–Kier alpha value is -1.70. The lowest BCUT2D eigenvalue weighted by atomic mass is 9.97. The predicted octanol–water partition coefficient (Wildman–Crippen LogP) is 2.10. The number of likely N-dealkylation sites (tertiary alicyclic amines) is 1. The van der Waals surface area contributed by atoms with E-state index in [0.29, 0.717) is 12.5 Å². The van der Waals surface area contributed by atoms with Gasteiger partial charge in [-0.2, -0.15) is 0 Å². The number of carbonyl (C=O) groups is 1. The van der Waals surface area contributed by atoms with Crippen LogP contribution in [0.2, 0.25) is 0 Å². The molecule has 7 nitrogen and oxygen atoms in total. The van der Waals surface area contributed by atoms with E-state index in [1.54, 1.807) is 12.1 Å². The number of nitro benzene ring substituents is 1. The number of piperidine rings is 1. The van der Waals surface area contributed by atoms with Crippen molar-refractivity contribution < 1.29 is 9.72 Å². The van der Waals surface area contributed by atoms with E-state index in [-0.39, 0.29) is 35.0 Å². The second-order valence-corrected chi connectivity index (χ2v) is 7.06. The Balaban J connectivity index is 0.00000243. The number of halogens is 1. The first-order chi connectivity index (χ1) is 12.1. The van der Waals surface area contributed by atoms with E-state index in [0.717, 1.165) is 57.4 Å². The van der Waals surface area contributed by atoms with Gasteiger partial charge in [0.2, 0.25) is 5.91 Å². The minimum Gasteiger partial charge on any atom is -0.354 e. The molecule has 1 aromatic rings. The maximum atomic E-state index is 12.1. The highest BCUT2D eigenvalue weighted by Crippen LogP contribution is 2.20. The molecule has 8 heteroatoms. The Morgan fingerprint density at radius 2 is 2.19 bits per heavy atom. The van der Waals surface area contributed by atoms with Crippen molar-refractivity contribution in [2.24, 2.45) is 5.92 Å². The standard InChI is InChI=1S/C18H26N4O3.ClH/c23-18(17-7-2-8-19-17)20-11-15-5-3-9-21(13-15)12-14-4-1-6-16(10-14)22(24)25;/h1,4,6,10,15,17,19H,2-3,5,7-9,11-13H2,(H,20,23);1H. The third-order valence-corrected chi connectivity index (χ3v) is 5.07. The highest BCUT2D eigenvalue weighted by atomic mass is 35.5. The van der Waals surface area contributed by atoms with Crippen molar-refractivity contribution in [3.63, 3.8) is 0 Å². The zero-order valence-corrected chi connectivity index (χ0v) is 15.7. The van der Waals surface area contributed by atoms with Crippen molar-refractivity contribution in [1.29, 1.82) is 0 Å². The van der Waals surface area contributed by atoms with Crippen molar-refractivity contribution in [2.75, 3.05) is 26.2 Å². The van der Waals surface area contributed by atoms with Gasteiger partial charge in [0, 0.05) is 31.8 Å². The summed E-state index contributed by atoms with van der Waals surface area (Å²) in [6.45, 7) is 4.27. The number of carbonyl (C=O) groups excluding carboxylic acids is 1. The van der Waals surface area contributed by atoms with E-state index in [1.165, 1.54) is 6.07 Å². The van der Waals surface area contributed by atoms with Gasteiger partial charge in [-0.1, -0.05) is 12.1 Å². The lowest BCUT2D eigenvalue weighted by Crippen LogP contribution is -2.45. The molecule has 2 fully saturated rings. The summed E-state index contributed by atoms with van der Waals surface area (Å²) in [5.74, 6) is 0.561. The summed E-state index contributed by atoms with van der Waals surface area (Å²) in [5, 5.41) is 17.2. The summed E-state index contributed by atoms with van der Waals surface area (Å²) in [7, 11) is 0. The molecule has 0 aliphatic carbocycles. The molecule has 0 spiro atoms. The maximum Gasteiger partial charge on any atom is 0.269 e. The second kappa shape index (κ2) is 9.85. The number of nitrogens with zero attached hydrogens (tertiary/aromatic N) is 2. The van der Waals surface area contributed by atoms with Gasteiger partial charge in [0.05, 0.1) is 11.0 Å². The van der Waals surface area contributed by atoms with Gasteiger partial charge in [0.15, 0.2) is 0 Å². The number of non-ortho nitro benzene ring substituents is 1. The highest BCUT2D eigenvalue weighted by Gasteiger charge is 2.24. The predicted molar refractivity (Wildman–Crippen MR) is 102 cm³/mol. The van der Waals surface area contributed by atoms with E-state index in [9.17, 15) is 14.9 Å². The van der Waals surface area contributed by atoms with Gasteiger partial charge in [-0.25, -0.2) is 0 Å². The first-order valence-electron chi connectivity index (χ1n) is 9.08. The quantitative estimate of drug-likeness (QED) is 0.581. The monoisotopic (exact) mass is 382 g/mol. The van der Waals surface area contributed by atoms with Crippen LogP contribution >= 0.6 is 12.4 Å². The van der Waals surface area contributed by atoms with Crippen LogP contribution in [0.3, 0.4) is 0 Å². The molecule has 0 bridgehead atoms. The number of hydrogen-bond donors (Lipinski definition) is 2. The van der Waals surface area contributed by atoms with Crippen molar-refractivity contribution in [3.05, 3.63) is 39.9 Å². The SMILES string of the molecule is Cl.O=C(NCC1CCCN(Cc2cccc([N+](=O)[O-])c2)C1)C1CCCN1. The maximum absolute atomic E-state index is 12.1. The van der Waals surface area contributed by atoms with Gasteiger partial charge >= 0.3 is 0 Å². The van der Waals surface area contributed by atoms with E-state index >= 15 is 0 Å². The molecule has 2 saturated heterocycles. The van der Waals surface area contributed by atoms with Crippen LogP contribution in [0.15, 0.2) is 24.3 Å². The number of nitrogens with one attached hydrogen (secondary N) is 2. The average molecular weight is 383 g/mol. The summed E-state index contributed by atoms with van der Waals surface area (Å²) < 4.78 is 0. The van der Waals surface area contributed by atoms with Gasteiger partial charge in [0.25, 0.3) is 5.69 Å². The highest BCUT2D eigenvalue weighted by molar-refractivity contribution is 5.85. The molecule has 144 valence electrons. The largest absolute Gasteiger partial charge is 0.354 e. The van der Waals surface area contributed by atoms with Crippen molar-refractivity contribution in [1.82, 2.24) is 15.5 Å². The smallest absolute Gasteiger partial charge is 0.269 e. The van der Waals surface area contributed by atoms with Crippen LogP contribution in [0.5, 0.6) is 0 Å². The fraction of sp³-hybridized carbons (Fsp3) is 0.611. The molecule has 1 amide bonds. The lowest BCUT2D eigenvalue weighted by Gasteiger charge is -2.33. The lowest BCUT2D eigenvalue weighted by molar-refractivity contribution is -0.384. The minimum atomic E-state index is -0.352. The first-order valence-corrected chi connectivity index (χ1v) is 9.08. The number of hydrogen-bond acceptors (Lipinski definition) is 5. The van der Waals surface area contributed by atoms with Crippen molar-refractivity contribution >= 4 is 24.0 Å². The van der Waals surface area contributed by atoms with Crippen LogP contribution in [0.25, 0.3) is 0 Å². The second-order valence-electron chi connectivity index (χ2n) is 7.06. The Kier molecular flexibility index (Phi) is 7.81.